The van der Waals surface area contributed by atoms with Crippen LogP contribution in [0.15, 0.2) is 12.3 Å². The summed E-state index contributed by atoms with van der Waals surface area (Å²) < 4.78 is 0. The number of aromatic nitrogens is 2. The molecule has 0 aromatic carbocycles. The van der Waals surface area contributed by atoms with Crippen molar-refractivity contribution >= 4 is 0 Å². The standard InChI is InChI=1S/C14H23N3/c1-3-12(15)9-13-6-7-16-14(17-13)11-5-4-10(2)8-11/h6-7,10-12H,3-5,8-9,15H2,1-2H3. The van der Waals surface area contributed by atoms with Gasteiger partial charge in [-0.3, -0.25) is 0 Å². The minimum Gasteiger partial charge on any atom is -0.327 e. The number of nitrogens with zero attached hydrogens (tertiary/aromatic N) is 2. The van der Waals surface area contributed by atoms with E-state index in [0.717, 1.165) is 30.3 Å². The van der Waals surface area contributed by atoms with Crippen LogP contribution >= 0.6 is 0 Å². The summed E-state index contributed by atoms with van der Waals surface area (Å²) in [5, 5.41) is 0. The van der Waals surface area contributed by atoms with E-state index < -0.39 is 0 Å². The van der Waals surface area contributed by atoms with Gasteiger partial charge in [-0.05, 0) is 37.7 Å². The Labute approximate surface area is 104 Å². The lowest BCUT2D eigenvalue weighted by Crippen LogP contribution is -2.22. The maximum atomic E-state index is 5.97. The Morgan fingerprint density at radius 1 is 1.47 bits per heavy atom. The van der Waals surface area contributed by atoms with Gasteiger partial charge in [0, 0.05) is 30.3 Å². The van der Waals surface area contributed by atoms with Crippen molar-refractivity contribution in [1.82, 2.24) is 9.97 Å². The van der Waals surface area contributed by atoms with Crippen molar-refractivity contribution in [3.8, 4) is 0 Å². The zero-order chi connectivity index (χ0) is 12.3. The fraction of sp³-hybridized carbons (Fsp3) is 0.714. The van der Waals surface area contributed by atoms with E-state index in [1.54, 1.807) is 0 Å². The summed E-state index contributed by atoms with van der Waals surface area (Å²) in [7, 11) is 0. The van der Waals surface area contributed by atoms with Gasteiger partial charge in [-0.2, -0.15) is 0 Å². The monoisotopic (exact) mass is 233 g/mol. The van der Waals surface area contributed by atoms with E-state index in [1.165, 1.54) is 19.3 Å². The summed E-state index contributed by atoms with van der Waals surface area (Å²) in [5.41, 5.74) is 7.07. The van der Waals surface area contributed by atoms with Crippen molar-refractivity contribution in [1.29, 1.82) is 0 Å². The first-order valence-electron chi connectivity index (χ1n) is 6.76. The highest BCUT2D eigenvalue weighted by atomic mass is 14.9. The van der Waals surface area contributed by atoms with E-state index in [0.29, 0.717) is 5.92 Å². The van der Waals surface area contributed by atoms with Crippen LogP contribution in [0.4, 0.5) is 0 Å². The lowest BCUT2D eigenvalue weighted by Gasteiger charge is -2.11. The molecule has 0 amide bonds. The Balaban J connectivity index is 2.06. The van der Waals surface area contributed by atoms with Gasteiger partial charge >= 0.3 is 0 Å². The second-order valence-corrected chi connectivity index (χ2v) is 5.39. The Kier molecular flexibility index (Phi) is 4.11. The van der Waals surface area contributed by atoms with Crippen molar-refractivity contribution in [2.75, 3.05) is 0 Å². The van der Waals surface area contributed by atoms with Gasteiger partial charge < -0.3 is 5.73 Å². The first kappa shape index (κ1) is 12.5. The average Bonchev–Trinajstić information content (AvgIpc) is 2.76. The Morgan fingerprint density at radius 2 is 2.29 bits per heavy atom. The van der Waals surface area contributed by atoms with Crippen molar-refractivity contribution in [2.45, 2.75) is 57.9 Å². The van der Waals surface area contributed by atoms with Gasteiger partial charge in [0.15, 0.2) is 0 Å². The van der Waals surface area contributed by atoms with Crippen molar-refractivity contribution < 1.29 is 0 Å². The average molecular weight is 233 g/mol. The summed E-state index contributed by atoms with van der Waals surface area (Å²) in [6, 6.07) is 2.22. The van der Waals surface area contributed by atoms with Crippen LogP contribution in [0.5, 0.6) is 0 Å². The highest BCUT2D eigenvalue weighted by molar-refractivity contribution is 5.08. The van der Waals surface area contributed by atoms with Crippen LogP contribution in [0.2, 0.25) is 0 Å². The predicted molar refractivity (Wildman–Crippen MR) is 69.8 cm³/mol. The molecule has 3 nitrogen and oxygen atoms in total. The fourth-order valence-electron chi connectivity index (χ4n) is 2.58. The van der Waals surface area contributed by atoms with Gasteiger partial charge in [0.25, 0.3) is 0 Å². The molecule has 1 heterocycles. The fourth-order valence-corrected chi connectivity index (χ4v) is 2.58. The molecule has 1 saturated carbocycles. The molecule has 2 N–H and O–H groups in total. The van der Waals surface area contributed by atoms with E-state index in [2.05, 4.69) is 23.8 Å². The molecule has 1 aromatic rings. The molecule has 0 saturated heterocycles. The van der Waals surface area contributed by atoms with Gasteiger partial charge in [0.2, 0.25) is 0 Å². The molecule has 1 aromatic heterocycles. The van der Waals surface area contributed by atoms with Gasteiger partial charge in [-0.25, -0.2) is 9.97 Å². The van der Waals surface area contributed by atoms with Crippen LogP contribution in [0.1, 0.15) is 57.0 Å². The summed E-state index contributed by atoms with van der Waals surface area (Å²) in [6.45, 7) is 4.43. The zero-order valence-corrected chi connectivity index (χ0v) is 10.9. The SMILES string of the molecule is CCC(N)Cc1ccnc(C2CCC(C)C2)n1. The molecule has 1 fully saturated rings. The second kappa shape index (κ2) is 5.58. The first-order valence-corrected chi connectivity index (χ1v) is 6.76. The number of hydrogen-bond donors (Lipinski definition) is 1. The lowest BCUT2D eigenvalue weighted by atomic mass is 10.0. The van der Waals surface area contributed by atoms with Crippen molar-refractivity contribution in [3.63, 3.8) is 0 Å². The summed E-state index contributed by atoms with van der Waals surface area (Å²) in [5.74, 6) is 2.43. The molecule has 3 unspecified atom stereocenters. The molecule has 0 radical (unpaired) electrons. The highest BCUT2D eigenvalue weighted by Crippen LogP contribution is 2.36. The predicted octanol–water partition coefficient (Wildman–Crippen LogP) is 2.66. The molecule has 0 spiro atoms. The van der Waals surface area contributed by atoms with Crippen LogP contribution in [0.25, 0.3) is 0 Å². The van der Waals surface area contributed by atoms with E-state index in [4.69, 9.17) is 5.73 Å². The summed E-state index contributed by atoms with van der Waals surface area (Å²) in [4.78, 5) is 9.12. The largest absolute Gasteiger partial charge is 0.327 e. The molecule has 2 rings (SSSR count). The summed E-state index contributed by atoms with van der Waals surface area (Å²) in [6.07, 6.45) is 7.55. The minimum absolute atomic E-state index is 0.222. The van der Waals surface area contributed by atoms with Gasteiger partial charge in [0.05, 0.1) is 0 Å². The lowest BCUT2D eigenvalue weighted by molar-refractivity contribution is 0.579. The third-order valence-electron chi connectivity index (χ3n) is 3.79. The van der Waals surface area contributed by atoms with Crippen LogP contribution < -0.4 is 5.73 Å². The van der Waals surface area contributed by atoms with E-state index >= 15 is 0 Å². The minimum atomic E-state index is 0.222. The number of rotatable bonds is 4. The van der Waals surface area contributed by atoms with Gasteiger partial charge in [-0.15, -0.1) is 0 Å². The number of nitrogens with two attached hydrogens (primary N) is 1. The molecule has 0 aliphatic heterocycles. The third kappa shape index (κ3) is 3.25. The molecule has 1 aliphatic carbocycles. The Morgan fingerprint density at radius 3 is 2.94 bits per heavy atom. The van der Waals surface area contributed by atoms with Crippen LogP contribution in [-0.4, -0.2) is 16.0 Å². The molecule has 1 aliphatic rings. The zero-order valence-electron chi connectivity index (χ0n) is 10.9. The maximum Gasteiger partial charge on any atom is 0.131 e. The third-order valence-corrected chi connectivity index (χ3v) is 3.79. The molecule has 17 heavy (non-hydrogen) atoms. The van der Waals surface area contributed by atoms with Crippen LogP contribution in [-0.2, 0) is 6.42 Å². The molecule has 3 atom stereocenters. The maximum absolute atomic E-state index is 5.97. The normalized spacial score (nSPS) is 26.1. The Bertz CT molecular complexity index is 364. The first-order chi connectivity index (χ1) is 8.19. The van der Waals surface area contributed by atoms with E-state index in [9.17, 15) is 0 Å². The highest BCUT2D eigenvalue weighted by Gasteiger charge is 2.24. The van der Waals surface area contributed by atoms with Crippen molar-refractivity contribution in [2.24, 2.45) is 11.7 Å². The molecular weight excluding hydrogens is 210 g/mol. The quantitative estimate of drug-likeness (QED) is 0.869. The smallest absolute Gasteiger partial charge is 0.131 e. The van der Waals surface area contributed by atoms with Crippen LogP contribution in [0, 0.1) is 5.92 Å². The Hall–Kier alpha value is -0.960. The topological polar surface area (TPSA) is 51.8 Å². The molecule has 0 bridgehead atoms. The van der Waals surface area contributed by atoms with Gasteiger partial charge in [0.1, 0.15) is 5.82 Å². The second-order valence-electron chi connectivity index (χ2n) is 5.39. The number of hydrogen-bond acceptors (Lipinski definition) is 3. The molecular formula is C14H23N3. The summed E-state index contributed by atoms with van der Waals surface area (Å²) >= 11 is 0. The van der Waals surface area contributed by atoms with Crippen molar-refractivity contribution in [3.05, 3.63) is 23.8 Å². The van der Waals surface area contributed by atoms with Crippen LogP contribution in [0.3, 0.4) is 0 Å². The van der Waals surface area contributed by atoms with E-state index in [1.807, 2.05) is 12.3 Å². The van der Waals surface area contributed by atoms with E-state index in [-0.39, 0.29) is 6.04 Å². The molecule has 3 heteroatoms. The molecule has 94 valence electrons. The van der Waals surface area contributed by atoms with Gasteiger partial charge in [-0.1, -0.05) is 13.8 Å².